The Morgan fingerprint density at radius 3 is 3.12 bits per heavy atom. The summed E-state index contributed by atoms with van der Waals surface area (Å²) in [6.45, 7) is 3.71. The van der Waals surface area contributed by atoms with E-state index >= 15 is 0 Å². The van der Waals surface area contributed by atoms with E-state index in [4.69, 9.17) is 0 Å². The molecule has 0 N–H and O–H groups in total. The lowest BCUT2D eigenvalue weighted by atomic mass is 10.1. The molecule has 0 heteroatoms. The van der Waals surface area contributed by atoms with Crippen LogP contribution in [0.2, 0.25) is 0 Å². The van der Waals surface area contributed by atoms with Gasteiger partial charge in [0.05, 0.1) is 0 Å². The zero-order valence-electron chi connectivity index (χ0n) is 5.27. The molecule has 0 nitrogen and oxygen atoms in total. The zero-order valence-corrected chi connectivity index (χ0v) is 5.27. The third kappa shape index (κ3) is 1.36. The third-order valence-corrected chi connectivity index (χ3v) is 1.78. The smallest absolute Gasteiger partial charge is 0.0325 e. The third-order valence-electron chi connectivity index (χ3n) is 1.78. The van der Waals surface area contributed by atoms with Crippen LogP contribution in [-0.2, 0) is 0 Å². The van der Waals surface area contributed by atoms with Gasteiger partial charge in [0.15, 0.2) is 0 Å². The summed E-state index contributed by atoms with van der Waals surface area (Å²) in [6.07, 6.45) is 9.69. The summed E-state index contributed by atoms with van der Waals surface area (Å²) in [7, 11) is 0. The largest absolute Gasteiger partial charge is 0.103 e. The Hall–Kier alpha value is -0.260. The standard InChI is InChI=1S/C8H13/c1-2-5-8-6-3-4-7-8/h2-3,8H,1,4-7H2. The van der Waals surface area contributed by atoms with Crippen molar-refractivity contribution in [1.82, 2.24) is 0 Å². The second-order valence-electron chi connectivity index (χ2n) is 2.49. The van der Waals surface area contributed by atoms with E-state index in [1.54, 1.807) is 0 Å². The van der Waals surface area contributed by atoms with Crippen LogP contribution in [-0.4, -0.2) is 0 Å². The van der Waals surface area contributed by atoms with Gasteiger partial charge in [-0.1, -0.05) is 6.08 Å². The van der Waals surface area contributed by atoms with Gasteiger partial charge >= 0.3 is 0 Å². The second kappa shape index (κ2) is 2.91. The minimum absolute atomic E-state index is 0.937. The fraction of sp³-hybridized carbons (Fsp3) is 0.625. The maximum atomic E-state index is 3.71. The van der Waals surface area contributed by atoms with Crippen molar-refractivity contribution in [2.24, 2.45) is 5.92 Å². The SMILES string of the molecule is C=CCC1C[CH]CC1. The summed E-state index contributed by atoms with van der Waals surface area (Å²) in [6, 6.07) is 0. The number of rotatable bonds is 2. The normalized spacial score (nSPS) is 21.5. The number of hydrogen-bond acceptors (Lipinski definition) is 0. The molecule has 1 aliphatic rings. The molecule has 8 heavy (non-hydrogen) atoms. The lowest BCUT2D eigenvalue weighted by molar-refractivity contribution is 0.566. The first-order valence-electron chi connectivity index (χ1n) is 3.36. The topological polar surface area (TPSA) is 0 Å². The van der Waals surface area contributed by atoms with Crippen molar-refractivity contribution in [2.75, 3.05) is 0 Å². The molecule has 1 aliphatic carbocycles. The van der Waals surface area contributed by atoms with Crippen molar-refractivity contribution in [2.45, 2.75) is 25.7 Å². The van der Waals surface area contributed by atoms with Crippen LogP contribution in [0.1, 0.15) is 25.7 Å². The lowest BCUT2D eigenvalue weighted by Gasteiger charge is -2.00. The Balaban J connectivity index is 2.14. The van der Waals surface area contributed by atoms with Gasteiger partial charge in [-0.15, -0.1) is 6.58 Å². The van der Waals surface area contributed by atoms with Crippen molar-refractivity contribution in [3.05, 3.63) is 19.1 Å². The van der Waals surface area contributed by atoms with E-state index < -0.39 is 0 Å². The van der Waals surface area contributed by atoms with Gasteiger partial charge in [0.1, 0.15) is 0 Å². The van der Waals surface area contributed by atoms with E-state index in [-0.39, 0.29) is 0 Å². The second-order valence-corrected chi connectivity index (χ2v) is 2.49. The van der Waals surface area contributed by atoms with Crippen LogP contribution in [0.4, 0.5) is 0 Å². The maximum Gasteiger partial charge on any atom is -0.0325 e. The molecule has 45 valence electrons. The highest BCUT2D eigenvalue weighted by atomic mass is 14.2. The highest BCUT2D eigenvalue weighted by molar-refractivity contribution is 4.84. The lowest BCUT2D eigenvalue weighted by Crippen LogP contribution is -1.87. The first kappa shape index (κ1) is 5.87. The van der Waals surface area contributed by atoms with Gasteiger partial charge in [0.2, 0.25) is 0 Å². The Labute approximate surface area is 51.6 Å². The van der Waals surface area contributed by atoms with E-state index in [0.29, 0.717) is 0 Å². The Kier molecular flexibility index (Phi) is 2.13. The van der Waals surface area contributed by atoms with Gasteiger partial charge in [-0.25, -0.2) is 0 Å². The van der Waals surface area contributed by atoms with Crippen LogP contribution in [0, 0.1) is 12.3 Å². The van der Waals surface area contributed by atoms with E-state index in [1.165, 1.54) is 25.7 Å². The molecular weight excluding hydrogens is 96.1 g/mol. The maximum absolute atomic E-state index is 3.71. The summed E-state index contributed by atoms with van der Waals surface area (Å²) in [4.78, 5) is 0. The number of hydrogen-bond donors (Lipinski definition) is 0. The van der Waals surface area contributed by atoms with Gasteiger partial charge in [-0.05, 0) is 38.0 Å². The van der Waals surface area contributed by atoms with Crippen molar-refractivity contribution in [3.8, 4) is 0 Å². The molecule has 0 aromatic rings. The molecule has 1 saturated carbocycles. The van der Waals surface area contributed by atoms with Crippen LogP contribution < -0.4 is 0 Å². The predicted molar refractivity (Wildman–Crippen MR) is 36.5 cm³/mol. The van der Waals surface area contributed by atoms with Gasteiger partial charge in [-0.2, -0.15) is 0 Å². The van der Waals surface area contributed by atoms with E-state index in [0.717, 1.165) is 5.92 Å². The Morgan fingerprint density at radius 2 is 2.62 bits per heavy atom. The molecule has 0 bridgehead atoms. The fourth-order valence-electron chi connectivity index (χ4n) is 1.27. The molecule has 0 aromatic carbocycles. The van der Waals surface area contributed by atoms with E-state index in [9.17, 15) is 0 Å². The highest BCUT2D eigenvalue weighted by Crippen LogP contribution is 2.26. The average molecular weight is 109 g/mol. The van der Waals surface area contributed by atoms with Crippen LogP contribution in [0.3, 0.4) is 0 Å². The van der Waals surface area contributed by atoms with Gasteiger partial charge in [0, 0.05) is 0 Å². The van der Waals surface area contributed by atoms with Crippen molar-refractivity contribution < 1.29 is 0 Å². The Morgan fingerprint density at radius 1 is 1.75 bits per heavy atom. The highest BCUT2D eigenvalue weighted by Gasteiger charge is 2.12. The van der Waals surface area contributed by atoms with Gasteiger partial charge in [0.25, 0.3) is 0 Å². The molecule has 1 radical (unpaired) electrons. The van der Waals surface area contributed by atoms with Crippen LogP contribution >= 0.6 is 0 Å². The molecule has 1 atom stereocenters. The Bertz CT molecular complexity index is 68.1. The minimum Gasteiger partial charge on any atom is -0.103 e. The summed E-state index contributed by atoms with van der Waals surface area (Å²) < 4.78 is 0. The summed E-state index contributed by atoms with van der Waals surface area (Å²) >= 11 is 0. The summed E-state index contributed by atoms with van der Waals surface area (Å²) in [5.41, 5.74) is 0. The minimum atomic E-state index is 0.937. The monoisotopic (exact) mass is 109 g/mol. The summed E-state index contributed by atoms with van der Waals surface area (Å²) in [5.74, 6) is 0.937. The molecule has 1 rings (SSSR count). The summed E-state index contributed by atoms with van der Waals surface area (Å²) in [5, 5.41) is 0. The first-order valence-corrected chi connectivity index (χ1v) is 3.36. The van der Waals surface area contributed by atoms with Gasteiger partial charge in [-0.3, -0.25) is 0 Å². The average Bonchev–Trinajstić information content (AvgIpc) is 2.19. The van der Waals surface area contributed by atoms with Crippen molar-refractivity contribution >= 4 is 0 Å². The molecule has 1 fully saturated rings. The zero-order chi connectivity index (χ0) is 5.82. The van der Waals surface area contributed by atoms with Crippen molar-refractivity contribution in [1.29, 1.82) is 0 Å². The molecule has 1 unspecified atom stereocenters. The molecule has 0 aliphatic heterocycles. The molecule has 0 saturated heterocycles. The first-order chi connectivity index (χ1) is 3.93. The van der Waals surface area contributed by atoms with Crippen molar-refractivity contribution in [3.63, 3.8) is 0 Å². The predicted octanol–water partition coefficient (Wildman–Crippen LogP) is 2.57. The molecular formula is C8H13. The molecule has 0 amide bonds. The van der Waals surface area contributed by atoms with Crippen LogP contribution in [0.15, 0.2) is 12.7 Å². The van der Waals surface area contributed by atoms with Crippen LogP contribution in [0.5, 0.6) is 0 Å². The number of allylic oxidation sites excluding steroid dienone is 1. The van der Waals surface area contributed by atoms with E-state index in [1.807, 2.05) is 6.08 Å². The van der Waals surface area contributed by atoms with Crippen LogP contribution in [0.25, 0.3) is 0 Å². The van der Waals surface area contributed by atoms with E-state index in [2.05, 4.69) is 13.0 Å². The molecule has 0 heterocycles. The quantitative estimate of drug-likeness (QED) is 0.478. The molecule has 0 aromatic heterocycles. The van der Waals surface area contributed by atoms with Gasteiger partial charge < -0.3 is 0 Å². The fourth-order valence-corrected chi connectivity index (χ4v) is 1.27. The molecule has 0 spiro atoms.